The Balaban J connectivity index is 1.84. The molecular formula is C12H16BrNOS. The summed E-state index contributed by atoms with van der Waals surface area (Å²) in [4.78, 5) is 11.8. The molecule has 0 saturated heterocycles. The number of nitrogens with one attached hydrogen (secondary N) is 1. The van der Waals surface area contributed by atoms with Crippen molar-refractivity contribution in [1.82, 2.24) is 5.32 Å². The van der Waals surface area contributed by atoms with E-state index in [1.54, 1.807) is 11.3 Å². The van der Waals surface area contributed by atoms with Crippen LogP contribution in [0, 0.1) is 11.8 Å². The first kappa shape index (κ1) is 12.1. The van der Waals surface area contributed by atoms with E-state index in [0.29, 0.717) is 5.92 Å². The fraction of sp³-hybridized carbons (Fsp3) is 0.583. The molecule has 1 aliphatic carbocycles. The molecule has 2 nitrogen and oxygen atoms in total. The Hall–Kier alpha value is -0.350. The van der Waals surface area contributed by atoms with Crippen molar-refractivity contribution in [3.05, 3.63) is 20.8 Å². The Morgan fingerprint density at radius 1 is 1.62 bits per heavy atom. The van der Waals surface area contributed by atoms with E-state index in [2.05, 4.69) is 28.2 Å². The summed E-state index contributed by atoms with van der Waals surface area (Å²) in [5.41, 5.74) is 0.766. The number of carbonyl (C=O) groups excluding carboxylic acids is 1. The van der Waals surface area contributed by atoms with Gasteiger partial charge in [-0.1, -0.05) is 19.8 Å². The SMILES string of the molecule is CC1CCCC1CNC(=O)c1csc(Br)c1. The first-order valence-corrected chi connectivity index (χ1v) is 7.36. The summed E-state index contributed by atoms with van der Waals surface area (Å²) in [6.45, 7) is 3.11. The first-order chi connectivity index (χ1) is 7.66. The Morgan fingerprint density at radius 3 is 3.00 bits per heavy atom. The molecule has 1 N–H and O–H groups in total. The monoisotopic (exact) mass is 301 g/mol. The van der Waals surface area contributed by atoms with E-state index in [9.17, 15) is 4.79 Å². The highest BCUT2D eigenvalue weighted by molar-refractivity contribution is 9.11. The summed E-state index contributed by atoms with van der Waals surface area (Å²) < 4.78 is 1.01. The normalized spacial score (nSPS) is 24.6. The fourth-order valence-corrected chi connectivity index (χ4v) is 3.42. The lowest BCUT2D eigenvalue weighted by atomic mass is 9.98. The molecule has 1 saturated carbocycles. The van der Waals surface area contributed by atoms with Crippen LogP contribution in [-0.4, -0.2) is 12.5 Å². The number of hydrogen-bond acceptors (Lipinski definition) is 2. The first-order valence-electron chi connectivity index (χ1n) is 5.69. The second-order valence-corrected chi connectivity index (χ2v) is 6.81. The maximum Gasteiger partial charge on any atom is 0.252 e. The number of rotatable bonds is 3. The summed E-state index contributed by atoms with van der Waals surface area (Å²) in [6, 6.07) is 1.87. The molecule has 1 aromatic rings. The van der Waals surface area contributed by atoms with Crippen LogP contribution in [0.4, 0.5) is 0 Å². The van der Waals surface area contributed by atoms with Crippen LogP contribution in [0.15, 0.2) is 15.2 Å². The zero-order valence-electron chi connectivity index (χ0n) is 9.33. The topological polar surface area (TPSA) is 29.1 Å². The van der Waals surface area contributed by atoms with Gasteiger partial charge in [0, 0.05) is 11.9 Å². The van der Waals surface area contributed by atoms with Crippen molar-refractivity contribution < 1.29 is 4.79 Å². The van der Waals surface area contributed by atoms with Gasteiger partial charge in [-0.3, -0.25) is 4.79 Å². The van der Waals surface area contributed by atoms with Gasteiger partial charge in [-0.15, -0.1) is 11.3 Å². The summed E-state index contributed by atoms with van der Waals surface area (Å²) in [5, 5.41) is 4.92. The number of halogens is 1. The molecular weight excluding hydrogens is 286 g/mol. The van der Waals surface area contributed by atoms with E-state index in [1.807, 2.05) is 11.4 Å². The van der Waals surface area contributed by atoms with Gasteiger partial charge in [0.05, 0.1) is 9.35 Å². The molecule has 0 bridgehead atoms. The molecule has 1 fully saturated rings. The van der Waals surface area contributed by atoms with E-state index in [4.69, 9.17) is 0 Å². The van der Waals surface area contributed by atoms with Crippen molar-refractivity contribution in [1.29, 1.82) is 0 Å². The van der Waals surface area contributed by atoms with Gasteiger partial charge < -0.3 is 5.32 Å². The Labute approximate surface area is 109 Å². The molecule has 0 aromatic carbocycles. The molecule has 2 rings (SSSR count). The molecule has 0 radical (unpaired) electrons. The highest BCUT2D eigenvalue weighted by Gasteiger charge is 2.23. The molecule has 4 heteroatoms. The van der Waals surface area contributed by atoms with Crippen LogP contribution in [0.3, 0.4) is 0 Å². The zero-order chi connectivity index (χ0) is 11.5. The summed E-state index contributed by atoms with van der Waals surface area (Å²) in [6.07, 6.45) is 3.88. The van der Waals surface area contributed by atoms with Crippen molar-refractivity contribution in [3.8, 4) is 0 Å². The average molecular weight is 302 g/mol. The molecule has 1 amide bonds. The zero-order valence-corrected chi connectivity index (χ0v) is 11.7. The van der Waals surface area contributed by atoms with Gasteiger partial charge in [0.1, 0.15) is 0 Å². The van der Waals surface area contributed by atoms with Gasteiger partial charge in [-0.05, 0) is 40.3 Å². The van der Waals surface area contributed by atoms with Gasteiger partial charge in [-0.2, -0.15) is 0 Å². The van der Waals surface area contributed by atoms with E-state index in [0.717, 1.165) is 21.8 Å². The minimum Gasteiger partial charge on any atom is -0.352 e. The predicted molar refractivity (Wildman–Crippen MR) is 70.9 cm³/mol. The van der Waals surface area contributed by atoms with E-state index in [1.165, 1.54) is 19.3 Å². The van der Waals surface area contributed by atoms with Gasteiger partial charge >= 0.3 is 0 Å². The van der Waals surface area contributed by atoms with Crippen LogP contribution in [0.25, 0.3) is 0 Å². The minimum atomic E-state index is 0.0565. The second kappa shape index (κ2) is 5.32. The number of thiophene rings is 1. The van der Waals surface area contributed by atoms with Gasteiger partial charge in [0.2, 0.25) is 0 Å². The number of amides is 1. The van der Waals surface area contributed by atoms with Crippen LogP contribution in [0.5, 0.6) is 0 Å². The van der Waals surface area contributed by atoms with Crippen molar-refractivity contribution in [3.63, 3.8) is 0 Å². The van der Waals surface area contributed by atoms with E-state index >= 15 is 0 Å². The Kier molecular flexibility index (Phi) is 4.03. The van der Waals surface area contributed by atoms with Crippen molar-refractivity contribution in [2.75, 3.05) is 6.54 Å². The van der Waals surface area contributed by atoms with E-state index in [-0.39, 0.29) is 5.91 Å². The molecule has 1 heterocycles. The van der Waals surface area contributed by atoms with Crippen LogP contribution in [-0.2, 0) is 0 Å². The Morgan fingerprint density at radius 2 is 2.44 bits per heavy atom. The van der Waals surface area contributed by atoms with Crippen LogP contribution in [0.2, 0.25) is 0 Å². The van der Waals surface area contributed by atoms with Gasteiger partial charge in [0.15, 0.2) is 0 Å². The van der Waals surface area contributed by atoms with Crippen molar-refractivity contribution >= 4 is 33.2 Å². The van der Waals surface area contributed by atoms with Gasteiger partial charge in [-0.25, -0.2) is 0 Å². The second-order valence-electron chi connectivity index (χ2n) is 4.52. The third-order valence-corrected chi connectivity index (χ3v) is 4.90. The molecule has 2 unspecified atom stereocenters. The average Bonchev–Trinajstić information content (AvgIpc) is 2.84. The van der Waals surface area contributed by atoms with Crippen molar-refractivity contribution in [2.45, 2.75) is 26.2 Å². The lowest BCUT2D eigenvalue weighted by Gasteiger charge is -2.15. The highest BCUT2D eigenvalue weighted by atomic mass is 79.9. The standard InChI is InChI=1S/C12H16BrNOS/c1-8-3-2-4-9(8)6-14-12(15)10-5-11(13)16-7-10/h5,7-9H,2-4,6H2,1H3,(H,14,15). The summed E-state index contributed by atoms with van der Waals surface area (Å²) in [5.74, 6) is 1.49. The largest absolute Gasteiger partial charge is 0.352 e. The lowest BCUT2D eigenvalue weighted by Crippen LogP contribution is -2.29. The molecule has 88 valence electrons. The third-order valence-electron chi connectivity index (χ3n) is 3.39. The molecule has 2 atom stereocenters. The van der Waals surface area contributed by atoms with E-state index < -0.39 is 0 Å². The maximum absolute atomic E-state index is 11.8. The highest BCUT2D eigenvalue weighted by Crippen LogP contribution is 2.30. The number of carbonyl (C=O) groups is 1. The molecule has 16 heavy (non-hydrogen) atoms. The predicted octanol–water partition coefficient (Wildman–Crippen LogP) is 3.68. The molecule has 1 aromatic heterocycles. The maximum atomic E-state index is 11.8. The molecule has 1 aliphatic rings. The summed E-state index contributed by atoms with van der Waals surface area (Å²) >= 11 is 4.91. The van der Waals surface area contributed by atoms with Crippen LogP contribution < -0.4 is 5.32 Å². The smallest absolute Gasteiger partial charge is 0.252 e. The third kappa shape index (κ3) is 2.86. The lowest BCUT2D eigenvalue weighted by molar-refractivity contribution is 0.0945. The fourth-order valence-electron chi connectivity index (χ4n) is 2.28. The van der Waals surface area contributed by atoms with Crippen LogP contribution in [0.1, 0.15) is 36.5 Å². The Bertz CT molecular complexity index is 377. The summed E-state index contributed by atoms with van der Waals surface area (Å²) in [7, 11) is 0. The molecule has 0 spiro atoms. The molecule has 0 aliphatic heterocycles. The minimum absolute atomic E-state index is 0.0565. The quantitative estimate of drug-likeness (QED) is 0.906. The number of hydrogen-bond donors (Lipinski definition) is 1. The van der Waals surface area contributed by atoms with Crippen LogP contribution >= 0.6 is 27.3 Å². The van der Waals surface area contributed by atoms with Crippen molar-refractivity contribution in [2.24, 2.45) is 11.8 Å². The van der Waals surface area contributed by atoms with Gasteiger partial charge in [0.25, 0.3) is 5.91 Å².